The van der Waals surface area contributed by atoms with Crippen molar-refractivity contribution in [3.63, 3.8) is 0 Å². The van der Waals surface area contributed by atoms with Crippen LogP contribution in [-0.2, 0) is 30.6 Å². The highest BCUT2D eigenvalue weighted by atomic mass is 35.5. The molecule has 0 fully saturated rings. The fourth-order valence-electron chi connectivity index (χ4n) is 4.11. The first-order valence-electron chi connectivity index (χ1n) is 12.1. The Morgan fingerprint density at radius 3 is 2.35 bits per heavy atom. The first kappa shape index (κ1) is 30.7. The predicted octanol–water partition coefficient (Wildman–Crippen LogP) is 1.10. The maximum Gasteiger partial charge on any atom is 0.346 e. The summed E-state index contributed by atoms with van der Waals surface area (Å²) >= 11 is 5.95. The molecule has 40 heavy (non-hydrogen) atoms. The molecule has 1 aromatic heterocycles. The van der Waals surface area contributed by atoms with Crippen molar-refractivity contribution in [2.75, 3.05) is 13.7 Å². The maximum absolute atomic E-state index is 13.4. The quantitative estimate of drug-likeness (QED) is 0.139. The summed E-state index contributed by atoms with van der Waals surface area (Å²) < 4.78 is 6.76. The second-order valence-electron chi connectivity index (χ2n) is 8.92. The Bertz CT molecular complexity index is 1390. The molecule has 3 rings (SSSR count). The van der Waals surface area contributed by atoms with Crippen molar-refractivity contribution >= 4 is 46.6 Å². The van der Waals surface area contributed by atoms with E-state index in [0.717, 1.165) is 6.92 Å². The van der Waals surface area contributed by atoms with Crippen LogP contribution in [0, 0.1) is 6.92 Å². The van der Waals surface area contributed by atoms with E-state index < -0.39 is 42.8 Å². The zero-order chi connectivity index (χ0) is 29.6. The molecule has 2 aromatic carbocycles. The molecule has 0 bridgehead atoms. The normalized spacial score (nSPS) is 14.2. The Hall–Kier alpha value is -3.81. The first-order chi connectivity index (χ1) is 19.0. The molecule has 0 aliphatic carbocycles. The summed E-state index contributed by atoms with van der Waals surface area (Å²) in [4.78, 5) is 57.7. The van der Waals surface area contributed by atoms with Crippen LogP contribution in [0.15, 0.2) is 42.5 Å². The summed E-state index contributed by atoms with van der Waals surface area (Å²) in [6.45, 7) is 2.03. The molecule has 0 unspecified atom stereocenters. The molecule has 12 nitrogen and oxygen atoms in total. The molecule has 1 amide bonds. The average Bonchev–Trinajstić information content (AvgIpc) is 3.20. The van der Waals surface area contributed by atoms with Crippen LogP contribution < -0.4 is 10.1 Å². The number of carbonyl (C=O) groups is 4. The molecule has 0 saturated heterocycles. The van der Waals surface area contributed by atoms with Crippen LogP contribution in [0.25, 0.3) is 10.9 Å². The van der Waals surface area contributed by atoms with Gasteiger partial charge >= 0.3 is 5.97 Å². The second kappa shape index (κ2) is 13.5. The Balaban J connectivity index is 1.74. The number of halogens is 1. The Morgan fingerprint density at radius 1 is 1.07 bits per heavy atom. The number of ether oxygens (including phenoxy) is 1. The monoisotopic (exact) mass is 576 g/mol. The van der Waals surface area contributed by atoms with E-state index in [-0.39, 0.29) is 18.6 Å². The number of aliphatic hydroxyl groups is 3. The molecule has 1 heterocycles. The van der Waals surface area contributed by atoms with Gasteiger partial charge < -0.3 is 30.2 Å². The van der Waals surface area contributed by atoms with Crippen LogP contribution >= 0.6 is 11.6 Å². The van der Waals surface area contributed by atoms with Gasteiger partial charge in [0.25, 0.3) is 5.91 Å². The molecule has 0 radical (unpaired) electrons. The number of rotatable bonds is 12. The van der Waals surface area contributed by atoms with E-state index in [2.05, 4.69) is 5.32 Å². The second-order valence-corrected chi connectivity index (χ2v) is 9.36. The average molecular weight is 577 g/mol. The molecular formula is C27H29ClN2O10. The number of fused-ring (bicyclic) bond motifs is 1. The van der Waals surface area contributed by atoms with E-state index in [1.54, 1.807) is 49.4 Å². The number of aldehydes is 1. The Labute approximate surface area is 233 Å². The minimum atomic E-state index is -1.91. The molecule has 214 valence electrons. The highest BCUT2D eigenvalue weighted by Gasteiger charge is 2.32. The largest absolute Gasteiger partial charge is 0.497 e. The van der Waals surface area contributed by atoms with E-state index >= 15 is 0 Å². The van der Waals surface area contributed by atoms with Gasteiger partial charge in [0, 0.05) is 28.6 Å². The van der Waals surface area contributed by atoms with Gasteiger partial charge in [-0.2, -0.15) is 4.89 Å². The molecule has 4 atom stereocenters. The van der Waals surface area contributed by atoms with E-state index in [9.17, 15) is 34.5 Å². The van der Waals surface area contributed by atoms with E-state index in [0.29, 0.717) is 38.5 Å². The summed E-state index contributed by atoms with van der Waals surface area (Å²) in [5.41, 5.74) is 1.84. The molecule has 3 aromatic rings. The molecule has 0 spiro atoms. The van der Waals surface area contributed by atoms with Gasteiger partial charge in [0.15, 0.2) is 0 Å². The van der Waals surface area contributed by atoms with Crippen molar-refractivity contribution < 1.29 is 49.0 Å². The highest BCUT2D eigenvalue weighted by Crippen LogP contribution is 2.31. The lowest BCUT2D eigenvalue weighted by molar-refractivity contribution is -0.287. The Morgan fingerprint density at radius 2 is 1.75 bits per heavy atom. The molecule has 4 N–H and O–H groups in total. The predicted molar refractivity (Wildman–Crippen MR) is 142 cm³/mol. The molecule has 0 aliphatic heterocycles. The molecule has 0 aliphatic rings. The number of aromatic nitrogens is 1. The maximum atomic E-state index is 13.4. The SMILES string of the molecule is COc1ccc2c(c1)c(CC(=O)OOC[C@@H](O)[C@@H](O)[C@H](O)[C@@H](C=O)NC(C)=O)c(C)n2C(=O)c1ccc(Cl)cc1. The summed E-state index contributed by atoms with van der Waals surface area (Å²) in [6.07, 6.45) is -5.66. The van der Waals surface area contributed by atoms with Crippen LogP contribution in [-0.4, -0.2) is 82.0 Å². The number of hydrogen-bond acceptors (Lipinski definition) is 10. The van der Waals surface area contributed by atoms with Crippen molar-refractivity contribution in [2.24, 2.45) is 0 Å². The number of hydrogen-bond donors (Lipinski definition) is 4. The number of aliphatic hydroxyl groups excluding tert-OH is 3. The number of nitrogens with one attached hydrogen (secondary N) is 1. The zero-order valence-corrected chi connectivity index (χ0v) is 22.6. The number of nitrogens with zero attached hydrogens (tertiary/aromatic N) is 1. The van der Waals surface area contributed by atoms with Gasteiger partial charge in [-0.15, -0.1) is 0 Å². The number of methoxy groups -OCH3 is 1. The highest BCUT2D eigenvalue weighted by molar-refractivity contribution is 6.30. The van der Waals surface area contributed by atoms with Gasteiger partial charge in [-0.1, -0.05) is 11.6 Å². The van der Waals surface area contributed by atoms with Gasteiger partial charge in [0.2, 0.25) is 5.91 Å². The van der Waals surface area contributed by atoms with Gasteiger partial charge in [-0.25, -0.2) is 4.79 Å². The first-order valence-corrected chi connectivity index (χ1v) is 12.4. The molecular weight excluding hydrogens is 548 g/mol. The number of benzene rings is 2. The van der Waals surface area contributed by atoms with Crippen LogP contribution in [0.2, 0.25) is 5.02 Å². The lowest BCUT2D eigenvalue weighted by Gasteiger charge is -2.26. The molecule has 13 heteroatoms. The fourth-order valence-corrected chi connectivity index (χ4v) is 4.24. The lowest BCUT2D eigenvalue weighted by Crippen LogP contribution is -2.53. The summed E-state index contributed by atoms with van der Waals surface area (Å²) in [5.74, 6) is -1.36. The summed E-state index contributed by atoms with van der Waals surface area (Å²) in [6, 6.07) is 9.94. The van der Waals surface area contributed by atoms with Crippen LogP contribution in [0.3, 0.4) is 0 Å². The van der Waals surface area contributed by atoms with Gasteiger partial charge in [0.1, 0.15) is 43.0 Å². The smallest absolute Gasteiger partial charge is 0.346 e. The van der Waals surface area contributed by atoms with Gasteiger partial charge in [0.05, 0.1) is 19.0 Å². The van der Waals surface area contributed by atoms with Crippen molar-refractivity contribution in [1.29, 1.82) is 0 Å². The van der Waals surface area contributed by atoms with E-state index in [1.807, 2.05) is 0 Å². The van der Waals surface area contributed by atoms with Crippen molar-refractivity contribution in [2.45, 2.75) is 44.6 Å². The minimum absolute atomic E-state index is 0.203. The lowest BCUT2D eigenvalue weighted by atomic mass is 10.0. The number of carbonyl (C=O) groups excluding carboxylic acids is 4. The Kier molecular flexibility index (Phi) is 10.4. The fraction of sp³-hybridized carbons (Fsp3) is 0.333. The van der Waals surface area contributed by atoms with Crippen LogP contribution in [0.1, 0.15) is 28.5 Å². The standard InChI is InChI=1S/C27H29ClN2O10/c1-14-19(11-24(34)40-39-13-23(33)26(36)25(35)21(12-31)29-15(2)32)20-10-18(38-3)8-9-22(20)30(14)27(37)16-4-6-17(28)7-5-16/h4-10,12,21,23,25-26,33,35-36H,11,13H2,1-3H3,(H,29,32)/t21-,23-,25-,26-/m1/s1. The topological polar surface area (TPSA) is 174 Å². The van der Waals surface area contributed by atoms with Gasteiger partial charge in [-0.3, -0.25) is 19.0 Å². The third-order valence-corrected chi connectivity index (χ3v) is 6.43. The van der Waals surface area contributed by atoms with Crippen LogP contribution in [0.5, 0.6) is 5.75 Å². The number of amides is 1. The van der Waals surface area contributed by atoms with Crippen molar-refractivity contribution in [3.05, 3.63) is 64.3 Å². The van der Waals surface area contributed by atoms with Crippen LogP contribution in [0.4, 0.5) is 0 Å². The summed E-state index contributed by atoms with van der Waals surface area (Å²) in [7, 11) is 1.48. The van der Waals surface area contributed by atoms with E-state index in [1.165, 1.54) is 11.7 Å². The van der Waals surface area contributed by atoms with Gasteiger partial charge in [-0.05, 0) is 55.0 Å². The zero-order valence-electron chi connectivity index (χ0n) is 21.9. The third kappa shape index (κ3) is 7.03. The third-order valence-electron chi connectivity index (χ3n) is 6.18. The molecule has 0 saturated carbocycles. The summed E-state index contributed by atoms with van der Waals surface area (Å²) in [5, 5.41) is 33.4. The van der Waals surface area contributed by atoms with E-state index in [4.69, 9.17) is 26.1 Å². The van der Waals surface area contributed by atoms with Crippen molar-refractivity contribution in [1.82, 2.24) is 9.88 Å². The van der Waals surface area contributed by atoms with Crippen molar-refractivity contribution in [3.8, 4) is 5.75 Å². The minimum Gasteiger partial charge on any atom is -0.497 e.